The van der Waals surface area contributed by atoms with Crippen LogP contribution >= 0.6 is 27.3 Å². The monoisotopic (exact) mass is 482 g/mol. The minimum absolute atomic E-state index is 0.0397. The first-order valence-electron chi connectivity index (χ1n) is 10.1. The summed E-state index contributed by atoms with van der Waals surface area (Å²) < 4.78 is 8.50. The number of hydrogen-bond donors (Lipinski definition) is 0. The van der Waals surface area contributed by atoms with Crippen molar-refractivity contribution < 1.29 is 4.74 Å². The second-order valence-corrected chi connectivity index (χ2v) is 9.05. The van der Waals surface area contributed by atoms with Gasteiger partial charge in [-0.3, -0.25) is 9.36 Å². The van der Waals surface area contributed by atoms with Crippen molar-refractivity contribution in [2.75, 3.05) is 6.61 Å². The van der Waals surface area contributed by atoms with Crippen LogP contribution in [0, 0.1) is 0 Å². The molecule has 4 nitrogen and oxygen atoms in total. The molecule has 0 aliphatic rings. The summed E-state index contributed by atoms with van der Waals surface area (Å²) in [6, 6.07) is 17.9. The van der Waals surface area contributed by atoms with Gasteiger partial charge >= 0.3 is 0 Å². The summed E-state index contributed by atoms with van der Waals surface area (Å²) >= 11 is 5.11. The Balaban J connectivity index is 1.53. The van der Waals surface area contributed by atoms with Gasteiger partial charge in [0.05, 0.1) is 18.3 Å². The summed E-state index contributed by atoms with van der Waals surface area (Å²) in [5.41, 5.74) is 2.14. The highest BCUT2D eigenvalue weighted by Crippen LogP contribution is 2.36. The van der Waals surface area contributed by atoms with Crippen molar-refractivity contribution in [3.63, 3.8) is 0 Å². The van der Waals surface area contributed by atoms with Crippen LogP contribution in [-0.2, 0) is 13.0 Å². The molecule has 0 amide bonds. The minimum Gasteiger partial charge on any atom is -0.494 e. The van der Waals surface area contributed by atoms with E-state index in [4.69, 9.17) is 4.74 Å². The van der Waals surface area contributed by atoms with E-state index in [9.17, 15) is 4.79 Å². The van der Waals surface area contributed by atoms with E-state index in [0.717, 1.165) is 50.8 Å². The van der Waals surface area contributed by atoms with Gasteiger partial charge in [0.25, 0.3) is 5.56 Å². The van der Waals surface area contributed by atoms with Gasteiger partial charge in [0.1, 0.15) is 10.6 Å². The fraction of sp³-hybridized carbons (Fsp3) is 0.250. The number of hydrogen-bond acceptors (Lipinski definition) is 4. The summed E-state index contributed by atoms with van der Waals surface area (Å²) in [5, 5.41) is 0.738. The molecule has 0 bridgehead atoms. The minimum atomic E-state index is 0.0397. The fourth-order valence-electron chi connectivity index (χ4n) is 3.49. The van der Waals surface area contributed by atoms with E-state index in [1.54, 1.807) is 22.2 Å². The zero-order chi connectivity index (χ0) is 20.9. The van der Waals surface area contributed by atoms with Gasteiger partial charge in [0.15, 0.2) is 0 Å². The quantitative estimate of drug-likeness (QED) is 0.276. The molecule has 0 aliphatic heterocycles. The Bertz CT molecular complexity index is 1180. The normalized spacial score (nSPS) is 11.1. The number of halogens is 1. The van der Waals surface area contributed by atoms with Crippen molar-refractivity contribution in [2.24, 2.45) is 0 Å². The van der Waals surface area contributed by atoms with Crippen molar-refractivity contribution in [2.45, 2.75) is 32.7 Å². The Morgan fingerprint density at radius 2 is 1.83 bits per heavy atom. The van der Waals surface area contributed by atoms with E-state index < -0.39 is 0 Å². The van der Waals surface area contributed by atoms with Crippen LogP contribution < -0.4 is 10.3 Å². The highest BCUT2D eigenvalue weighted by atomic mass is 79.9. The second-order valence-electron chi connectivity index (χ2n) is 7.05. The van der Waals surface area contributed by atoms with Gasteiger partial charge in [-0.2, -0.15) is 0 Å². The number of para-hydroxylation sites is 1. The lowest BCUT2D eigenvalue weighted by atomic mass is 10.0. The summed E-state index contributed by atoms with van der Waals surface area (Å²) in [6.45, 7) is 3.40. The van der Waals surface area contributed by atoms with Crippen molar-refractivity contribution >= 4 is 37.5 Å². The lowest BCUT2D eigenvalue weighted by molar-refractivity contribution is 0.303. The number of aromatic nitrogens is 2. The van der Waals surface area contributed by atoms with Crippen molar-refractivity contribution in [1.29, 1.82) is 0 Å². The Hall–Kier alpha value is -2.44. The summed E-state index contributed by atoms with van der Waals surface area (Å²) in [6.07, 6.45) is 4.30. The first-order chi connectivity index (χ1) is 14.7. The van der Waals surface area contributed by atoms with Gasteiger partial charge in [-0.05, 0) is 49.1 Å². The topological polar surface area (TPSA) is 44.1 Å². The number of fused-ring (bicyclic) bond motifs is 1. The summed E-state index contributed by atoms with van der Waals surface area (Å²) in [4.78, 5) is 19.9. The second kappa shape index (κ2) is 9.58. The summed E-state index contributed by atoms with van der Waals surface area (Å²) in [5.74, 6) is 0.877. The lowest BCUT2D eigenvalue weighted by Crippen LogP contribution is -2.20. The molecule has 2 aromatic heterocycles. The number of unbranched alkanes of at least 4 members (excludes halogenated alkanes) is 1. The lowest BCUT2D eigenvalue weighted by Gasteiger charge is -2.08. The van der Waals surface area contributed by atoms with E-state index in [1.807, 2.05) is 42.5 Å². The molecule has 6 heteroatoms. The van der Waals surface area contributed by atoms with Gasteiger partial charge in [0, 0.05) is 21.5 Å². The average Bonchev–Trinajstić information content (AvgIpc) is 3.16. The Labute approximate surface area is 188 Å². The third-order valence-corrected chi connectivity index (χ3v) is 6.78. The molecule has 0 saturated heterocycles. The maximum absolute atomic E-state index is 13.3. The van der Waals surface area contributed by atoms with Gasteiger partial charge in [-0.15, -0.1) is 11.3 Å². The van der Waals surface area contributed by atoms with Crippen LogP contribution in [0.2, 0.25) is 0 Å². The maximum Gasteiger partial charge on any atom is 0.262 e. The summed E-state index contributed by atoms with van der Waals surface area (Å²) in [7, 11) is 0. The van der Waals surface area contributed by atoms with Gasteiger partial charge in [-0.25, -0.2) is 4.98 Å². The van der Waals surface area contributed by atoms with Crippen molar-refractivity contribution in [3.05, 3.63) is 80.6 Å². The molecule has 30 heavy (non-hydrogen) atoms. The molecule has 0 fully saturated rings. The Morgan fingerprint density at radius 1 is 1.07 bits per heavy atom. The van der Waals surface area contributed by atoms with Crippen LogP contribution in [0.4, 0.5) is 0 Å². The number of ether oxygens (including phenoxy) is 1. The maximum atomic E-state index is 13.3. The predicted molar refractivity (Wildman–Crippen MR) is 128 cm³/mol. The molecule has 0 saturated carbocycles. The van der Waals surface area contributed by atoms with Crippen LogP contribution in [0.1, 0.15) is 24.6 Å². The zero-order valence-electron chi connectivity index (χ0n) is 16.8. The molecule has 4 aromatic rings. The van der Waals surface area contributed by atoms with Crippen molar-refractivity contribution in [1.82, 2.24) is 9.55 Å². The molecule has 4 rings (SSSR count). The van der Waals surface area contributed by atoms with Crippen LogP contribution in [-0.4, -0.2) is 16.2 Å². The van der Waals surface area contributed by atoms with Crippen LogP contribution in [0.5, 0.6) is 5.75 Å². The van der Waals surface area contributed by atoms with Crippen LogP contribution in [0.25, 0.3) is 21.3 Å². The first kappa shape index (κ1) is 20.8. The molecule has 154 valence electrons. The molecule has 0 N–H and O–H groups in total. The average molecular weight is 483 g/mol. The predicted octanol–water partition coefficient (Wildman–Crippen LogP) is 6.31. The van der Waals surface area contributed by atoms with Crippen molar-refractivity contribution in [3.8, 4) is 16.9 Å². The Kier molecular flexibility index (Phi) is 6.65. The van der Waals surface area contributed by atoms with Gasteiger partial charge < -0.3 is 4.74 Å². The molecule has 2 aromatic carbocycles. The molecule has 0 spiro atoms. The van der Waals surface area contributed by atoms with Gasteiger partial charge in [-0.1, -0.05) is 53.2 Å². The van der Waals surface area contributed by atoms with E-state index in [1.165, 1.54) is 4.88 Å². The SMILES string of the molecule is CCc1sc2ncn(CCCCOc3ccccc3)c(=O)c2c1-c1ccc(Br)cc1. The molecule has 0 radical (unpaired) electrons. The fourth-order valence-corrected chi connectivity index (χ4v) is 4.85. The first-order valence-corrected chi connectivity index (χ1v) is 11.7. The van der Waals surface area contributed by atoms with E-state index >= 15 is 0 Å². The molecule has 0 unspecified atom stereocenters. The Morgan fingerprint density at radius 3 is 2.57 bits per heavy atom. The molecule has 0 aliphatic carbocycles. The van der Waals surface area contributed by atoms with Crippen LogP contribution in [0.3, 0.4) is 0 Å². The molecule has 0 atom stereocenters. The molecular weight excluding hydrogens is 460 g/mol. The molecular formula is C24H23BrN2O2S. The number of aryl methyl sites for hydroxylation is 2. The smallest absolute Gasteiger partial charge is 0.262 e. The molecule has 2 heterocycles. The van der Waals surface area contributed by atoms with E-state index in [-0.39, 0.29) is 5.56 Å². The van der Waals surface area contributed by atoms with E-state index in [2.05, 4.69) is 40.0 Å². The highest BCUT2D eigenvalue weighted by Gasteiger charge is 2.18. The standard InChI is InChI=1S/C24H23BrN2O2S/c1-2-20-21(17-10-12-18(25)13-11-17)22-23(30-20)26-16-27(24(22)28)14-6-7-15-29-19-8-4-3-5-9-19/h3-5,8-13,16H,2,6-7,14-15H2,1H3. The third-order valence-electron chi connectivity index (χ3n) is 5.01. The van der Waals surface area contributed by atoms with Gasteiger partial charge in [0.2, 0.25) is 0 Å². The highest BCUT2D eigenvalue weighted by molar-refractivity contribution is 9.10. The number of benzene rings is 2. The number of rotatable bonds is 8. The largest absolute Gasteiger partial charge is 0.494 e. The number of thiophene rings is 1. The van der Waals surface area contributed by atoms with Crippen LogP contribution in [0.15, 0.2) is 70.2 Å². The zero-order valence-corrected chi connectivity index (χ0v) is 19.2. The third kappa shape index (κ3) is 4.50. The van der Waals surface area contributed by atoms with E-state index in [0.29, 0.717) is 13.2 Å². The number of nitrogens with zero attached hydrogens (tertiary/aromatic N) is 2.